The van der Waals surface area contributed by atoms with Gasteiger partial charge in [-0.2, -0.15) is 0 Å². The molecule has 116 valence electrons. The van der Waals surface area contributed by atoms with Crippen LogP contribution in [-0.2, 0) is 16.0 Å². The summed E-state index contributed by atoms with van der Waals surface area (Å²) < 4.78 is 5.54. The fourth-order valence-electron chi connectivity index (χ4n) is 2.84. The summed E-state index contributed by atoms with van der Waals surface area (Å²) in [7, 11) is 0. The van der Waals surface area contributed by atoms with E-state index in [2.05, 4.69) is 4.98 Å². The van der Waals surface area contributed by atoms with Crippen LogP contribution in [0, 0.1) is 0 Å². The van der Waals surface area contributed by atoms with E-state index >= 15 is 0 Å². The maximum Gasteiger partial charge on any atom is 0.252 e. The normalized spacial score (nSPS) is 22.0. The molecule has 0 unspecified atom stereocenters. The zero-order valence-electron chi connectivity index (χ0n) is 12.8. The molecule has 22 heavy (non-hydrogen) atoms. The highest BCUT2D eigenvalue weighted by Crippen LogP contribution is 2.15. The molecule has 2 atom stereocenters. The topological polar surface area (TPSA) is 62.4 Å². The highest BCUT2D eigenvalue weighted by atomic mass is 16.5. The average Bonchev–Trinajstić information content (AvgIpc) is 2.50. The second kappa shape index (κ2) is 5.93. The molecule has 2 aromatic rings. The summed E-state index contributed by atoms with van der Waals surface area (Å²) in [5.41, 5.74) is 1.10. The van der Waals surface area contributed by atoms with Gasteiger partial charge in [0.25, 0.3) is 5.56 Å². The van der Waals surface area contributed by atoms with E-state index in [0.29, 0.717) is 18.7 Å². The van der Waals surface area contributed by atoms with Crippen molar-refractivity contribution in [2.45, 2.75) is 32.4 Å². The van der Waals surface area contributed by atoms with Crippen molar-refractivity contribution in [3.63, 3.8) is 0 Å². The molecule has 5 heteroatoms. The standard InChI is InChI=1S/C17H20N2O3/c1-11-10-22-12(2)9-19(11)16(20)8-14-7-13-5-3-4-6-15(13)18-17(14)21/h3-7,11-12H,8-10H2,1-2H3,(H,18,21)/t11-,12-/m0/s1. The van der Waals surface area contributed by atoms with Crippen LogP contribution in [0.25, 0.3) is 10.9 Å². The fourth-order valence-corrected chi connectivity index (χ4v) is 2.84. The Bertz CT molecular complexity index is 753. The van der Waals surface area contributed by atoms with Crippen LogP contribution in [0.1, 0.15) is 19.4 Å². The van der Waals surface area contributed by atoms with Gasteiger partial charge >= 0.3 is 0 Å². The van der Waals surface area contributed by atoms with Crippen LogP contribution in [-0.4, -0.2) is 41.1 Å². The predicted octanol–water partition coefficient (Wildman–Crippen LogP) is 1.71. The molecule has 5 nitrogen and oxygen atoms in total. The van der Waals surface area contributed by atoms with Crippen LogP contribution in [0.3, 0.4) is 0 Å². The number of H-pyrrole nitrogens is 1. The smallest absolute Gasteiger partial charge is 0.252 e. The average molecular weight is 300 g/mol. The maximum absolute atomic E-state index is 12.5. The first-order chi connectivity index (χ1) is 10.5. The van der Waals surface area contributed by atoms with Gasteiger partial charge in [0, 0.05) is 17.6 Å². The fraction of sp³-hybridized carbons (Fsp3) is 0.412. The van der Waals surface area contributed by atoms with Crippen LogP contribution in [0.4, 0.5) is 0 Å². The molecule has 1 saturated heterocycles. The monoisotopic (exact) mass is 300 g/mol. The Hall–Kier alpha value is -2.14. The van der Waals surface area contributed by atoms with Gasteiger partial charge in [0.05, 0.1) is 25.2 Å². The Kier molecular flexibility index (Phi) is 3.98. The van der Waals surface area contributed by atoms with E-state index in [1.165, 1.54) is 0 Å². The first-order valence-corrected chi connectivity index (χ1v) is 7.56. The number of nitrogens with zero attached hydrogens (tertiary/aromatic N) is 1. The van der Waals surface area contributed by atoms with E-state index in [1.807, 2.05) is 43.0 Å². The molecule has 3 rings (SSSR count). The molecular formula is C17H20N2O3. The van der Waals surface area contributed by atoms with Crippen LogP contribution in [0.5, 0.6) is 0 Å². The van der Waals surface area contributed by atoms with E-state index in [0.717, 1.165) is 10.9 Å². The lowest BCUT2D eigenvalue weighted by Gasteiger charge is -2.36. The molecule has 1 aliphatic rings. The van der Waals surface area contributed by atoms with Crippen molar-refractivity contribution in [2.75, 3.05) is 13.2 Å². The van der Waals surface area contributed by atoms with Gasteiger partial charge in [-0.3, -0.25) is 9.59 Å². The van der Waals surface area contributed by atoms with Crippen molar-refractivity contribution in [1.82, 2.24) is 9.88 Å². The van der Waals surface area contributed by atoms with Crippen LogP contribution in [0.2, 0.25) is 0 Å². The SMILES string of the molecule is C[C@H]1CN(C(=O)Cc2cc3ccccc3[nH]c2=O)[C@@H](C)CO1. The number of fused-ring (bicyclic) bond motifs is 1. The summed E-state index contributed by atoms with van der Waals surface area (Å²) in [6.45, 7) is 5.04. The number of amides is 1. The Morgan fingerprint density at radius 2 is 2.14 bits per heavy atom. The highest BCUT2D eigenvalue weighted by Gasteiger charge is 2.27. The summed E-state index contributed by atoms with van der Waals surface area (Å²) in [5, 5.41) is 0.938. The number of pyridine rings is 1. The van der Waals surface area contributed by atoms with Crippen LogP contribution in [0.15, 0.2) is 35.1 Å². The molecule has 2 heterocycles. The number of rotatable bonds is 2. The van der Waals surface area contributed by atoms with E-state index in [9.17, 15) is 9.59 Å². The van der Waals surface area contributed by atoms with Crippen molar-refractivity contribution in [2.24, 2.45) is 0 Å². The second-order valence-electron chi connectivity index (χ2n) is 5.93. The number of hydrogen-bond donors (Lipinski definition) is 1. The van der Waals surface area contributed by atoms with Gasteiger partial charge < -0.3 is 14.6 Å². The van der Waals surface area contributed by atoms with Gasteiger partial charge in [0.1, 0.15) is 0 Å². The zero-order valence-corrected chi connectivity index (χ0v) is 12.8. The van der Waals surface area contributed by atoms with Crippen molar-refractivity contribution in [1.29, 1.82) is 0 Å². The van der Waals surface area contributed by atoms with Crippen molar-refractivity contribution < 1.29 is 9.53 Å². The molecule has 0 radical (unpaired) electrons. The predicted molar refractivity (Wildman–Crippen MR) is 84.9 cm³/mol. The largest absolute Gasteiger partial charge is 0.375 e. The third-order valence-corrected chi connectivity index (χ3v) is 4.10. The molecule has 1 aromatic heterocycles. The minimum Gasteiger partial charge on any atom is -0.375 e. The minimum atomic E-state index is -0.194. The van der Waals surface area contributed by atoms with E-state index in [4.69, 9.17) is 4.74 Å². The zero-order chi connectivity index (χ0) is 15.7. The summed E-state index contributed by atoms with van der Waals surface area (Å²) in [4.78, 5) is 29.3. The van der Waals surface area contributed by atoms with Crippen molar-refractivity contribution >= 4 is 16.8 Å². The van der Waals surface area contributed by atoms with Gasteiger partial charge in [-0.15, -0.1) is 0 Å². The number of morpholine rings is 1. The van der Waals surface area contributed by atoms with Crippen molar-refractivity contribution in [3.8, 4) is 0 Å². The number of nitrogens with one attached hydrogen (secondary N) is 1. The molecular weight excluding hydrogens is 280 g/mol. The van der Waals surface area contributed by atoms with Crippen LogP contribution < -0.4 is 5.56 Å². The highest BCUT2D eigenvalue weighted by molar-refractivity contribution is 5.82. The summed E-state index contributed by atoms with van der Waals surface area (Å²) >= 11 is 0. The minimum absolute atomic E-state index is 0.0246. The molecule has 0 spiro atoms. The number of aromatic nitrogens is 1. The lowest BCUT2D eigenvalue weighted by Crippen LogP contribution is -2.50. The lowest BCUT2D eigenvalue weighted by atomic mass is 10.1. The first kappa shape index (κ1) is 14.8. The molecule has 1 aromatic carbocycles. The van der Waals surface area contributed by atoms with E-state index < -0.39 is 0 Å². The quantitative estimate of drug-likeness (QED) is 0.918. The van der Waals surface area contributed by atoms with E-state index in [1.54, 1.807) is 6.07 Å². The molecule has 1 N–H and O–H groups in total. The number of carbonyl (C=O) groups excluding carboxylic acids is 1. The number of para-hydroxylation sites is 1. The molecule has 0 saturated carbocycles. The number of carbonyl (C=O) groups is 1. The van der Waals surface area contributed by atoms with Gasteiger partial charge in [-0.1, -0.05) is 18.2 Å². The molecule has 1 fully saturated rings. The van der Waals surface area contributed by atoms with Gasteiger partial charge in [0.2, 0.25) is 5.91 Å². The second-order valence-corrected chi connectivity index (χ2v) is 5.93. The summed E-state index contributed by atoms with van der Waals surface area (Å²) in [5.74, 6) is -0.0246. The number of aromatic amines is 1. The Morgan fingerprint density at radius 3 is 2.95 bits per heavy atom. The Morgan fingerprint density at radius 1 is 1.36 bits per heavy atom. The maximum atomic E-state index is 12.5. The molecule has 0 bridgehead atoms. The van der Waals surface area contributed by atoms with E-state index in [-0.39, 0.29) is 30.0 Å². The number of ether oxygens (including phenoxy) is 1. The Labute approximate surface area is 128 Å². The summed E-state index contributed by atoms with van der Waals surface area (Å²) in [6.07, 6.45) is 0.159. The number of hydrogen-bond acceptors (Lipinski definition) is 3. The Balaban J connectivity index is 1.84. The number of benzene rings is 1. The molecule has 0 aliphatic carbocycles. The molecule has 1 aliphatic heterocycles. The third kappa shape index (κ3) is 2.90. The molecule has 1 amide bonds. The van der Waals surface area contributed by atoms with Crippen LogP contribution >= 0.6 is 0 Å². The summed E-state index contributed by atoms with van der Waals surface area (Å²) in [6, 6.07) is 9.42. The van der Waals surface area contributed by atoms with Gasteiger partial charge in [0.15, 0.2) is 0 Å². The third-order valence-electron chi connectivity index (χ3n) is 4.10. The van der Waals surface area contributed by atoms with Gasteiger partial charge in [-0.05, 0) is 31.4 Å². The van der Waals surface area contributed by atoms with Gasteiger partial charge in [-0.25, -0.2) is 0 Å². The first-order valence-electron chi connectivity index (χ1n) is 7.56. The van der Waals surface area contributed by atoms with Crippen molar-refractivity contribution in [3.05, 3.63) is 46.2 Å². The lowest BCUT2D eigenvalue weighted by molar-refractivity contribution is -0.142.